The molecule has 0 bridgehead atoms. The van der Waals surface area contributed by atoms with Crippen molar-refractivity contribution in [1.29, 1.82) is 0 Å². The predicted molar refractivity (Wildman–Crippen MR) is 64.3 cm³/mol. The van der Waals surface area contributed by atoms with E-state index in [9.17, 15) is 14.9 Å². The Morgan fingerprint density at radius 2 is 2.22 bits per heavy atom. The van der Waals surface area contributed by atoms with Crippen LogP contribution in [0.15, 0.2) is 18.3 Å². The van der Waals surface area contributed by atoms with Gasteiger partial charge in [-0.3, -0.25) is 19.9 Å². The van der Waals surface area contributed by atoms with Gasteiger partial charge in [-0.05, 0) is 14.1 Å². The number of hydrogen-bond acceptors (Lipinski definition) is 5. The lowest BCUT2D eigenvalue weighted by Crippen LogP contribution is -2.59. The number of carbonyl (C=O) groups is 1. The SMILES string of the molecule is CN(C)C1CN(C(=O)c2cc([N+](=O)[O-])ccn2)C1. The lowest BCUT2D eigenvalue weighted by Gasteiger charge is -2.42. The minimum absolute atomic E-state index is 0.113. The van der Waals surface area contributed by atoms with Gasteiger partial charge in [-0.1, -0.05) is 0 Å². The Hall–Kier alpha value is -2.02. The molecule has 0 spiro atoms. The van der Waals surface area contributed by atoms with E-state index in [1.54, 1.807) is 4.90 Å². The third-order valence-electron chi connectivity index (χ3n) is 3.05. The van der Waals surface area contributed by atoms with Gasteiger partial charge in [-0.2, -0.15) is 0 Å². The van der Waals surface area contributed by atoms with Crippen LogP contribution in [0.5, 0.6) is 0 Å². The van der Waals surface area contributed by atoms with Gasteiger partial charge in [-0.25, -0.2) is 0 Å². The van der Waals surface area contributed by atoms with Crippen LogP contribution in [-0.4, -0.2) is 58.8 Å². The van der Waals surface area contributed by atoms with Gasteiger partial charge >= 0.3 is 0 Å². The Balaban J connectivity index is 2.07. The first-order valence-corrected chi connectivity index (χ1v) is 5.55. The smallest absolute Gasteiger partial charge is 0.273 e. The van der Waals surface area contributed by atoms with Crippen LogP contribution in [0.1, 0.15) is 10.5 Å². The third kappa shape index (κ3) is 2.30. The van der Waals surface area contributed by atoms with Crippen LogP contribution in [0.2, 0.25) is 0 Å². The molecule has 7 heteroatoms. The summed E-state index contributed by atoms with van der Waals surface area (Å²) in [5, 5.41) is 10.6. The zero-order chi connectivity index (χ0) is 13.3. The van der Waals surface area contributed by atoms with Crippen LogP contribution in [0.25, 0.3) is 0 Å². The van der Waals surface area contributed by atoms with Crippen molar-refractivity contribution in [3.63, 3.8) is 0 Å². The molecule has 2 heterocycles. The van der Waals surface area contributed by atoms with Crippen molar-refractivity contribution in [2.45, 2.75) is 6.04 Å². The molecule has 0 saturated carbocycles. The van der Waals surface area contributed by atoms with Crippen LogP contribution in [-0.2, 0) is 0 Å². The zero-order valence-corrected chi connectivity index (χ0v) is 10.2. The van der Waals surface area contributed by atoms with E-state index < -0.39 is 4.92 Å². The summed E-state index contributed by atoms with van der Waals surface area (Å²) in [5.74, 6) is -0.253. The molecule has 18 heavy (non-hydrogen) atoms. The van der Waals surface area contributed by atoms with Crippen LogP contribution < -0.4 is 0 Å². The van der Waals surface area contributed by atoms with Crippen molar-refractivity contribution < 1.29 is 9.72 Å². The molecule has 0 unspecified atom stereocenters. The summed E-state index contributed by atoms with van der Waals surface area (Å²) < 4.78 is 0. The topological polar surface area (TPSA) is 79.6 Å². The summed E-state index contributed by atoms with van der Waals surface area (Å²) in [6.45, 7) is 1.27. The quantitative estimate of drug-likeness (QED) is 0.572. The highest BCUT2D eigenvalue weighted by atomic mass is 16.6. The molecule has 0 aromatic carbocycles. The molecule has 0 atom stereocenters. The maximum atomic E-state index is 12.0. The van der Waals surface area contributed by atoms with Gasteiger partial charge in [0.25, 0.3) is 11.6 Å². The molecule has 96 valence electrons. The average molecular weight is 250 g/mol. The Kier molecular flexibility index (Phi) is 3.24. The van der Waals surface area contributed by atoms with Crippen LogP contribution in [0, 0.1) is 10.1 Å². The zero-order valence-electron chi connectivity index (χ0n) is 10.2. The average Bonchev–Trinajstić information content (AvgIpc) is 2.26. The molecule has 1 saturated heterocycles. The van der Waals surface area contributed by atoms with Crippen molar-refractivity contribution in [1.82, 2.24) is 14.8 Å². The van der Waals surface area contributed by atoms with Crippen molar-refractivity contribution in [2.75, 3.05) is 27.2 Å². The monoisotopic (exact) mass is 250 g/mol. The second-order valence-corrected chi connectivity index (χ2v) is 4.48. The molecule has 1 fully saturated rings. The lowest BCUT2D eigenvalue weighted by molar-refractivity contribution is -0.385. The Labute approximate surface area is 104 Å². The number of aromatic nitrogens is 1. The summed E-state index contributed by atoms with van der Waals surface area (Å²) in [6, 6.07) is 2.84. The fourth-order valence-corrected chi connectivity index (χ4v) is 1.76. The molecular formula is C11H14N4O3. The van der Waals surface area contributed by atoms with Gasteiger partial charge in [0, 0.05) is 37.5 Å². The van der Waals surface area contributed by atoms with Gasteiger partial charge in [0.05, 0.1) is 4.92 Å². The fourth-order valence-electron chi connectivity index (χ4n) is 1.76. The summed E-state index contributed by atoms with van der Waals surface area (Å²) >= 11 is 0. The first kappa shape index (κ1) is 12.4. The van der Waals surface area contributed by atoms with Crippen molar-refractivity contribution in [3.8, 4) is 0 Å². The number of amides is 1. The lowest BCUT2D eigenvalue weighted by atomic mass is 10.1. The number of rotatable bonds is 3. The van der Waals surface area contributed by atoms with Gasteiger partial charge in [0.1, 0.15) is 5.69 Å². The number of nitrogens with zero attached hydrogens (tertiary/aromatic N) is 4. The molecular weight excluding hydrogens is 236 g/mol. The van der Waals surface area contributed by atoms with Crippen LogP contribution in [0.4, 0.5) is 5.69 Å². The van der Waals surface area contributed by atoms with Crippen molar-refractivity contribution in [3.05, 3.63) is 34.1 Å². The molecule has 1 aliphatic heterocycles. The minimum atomic E-state index is -0.531. The first-order valence-electron chi connectivity index (χ1n) is 5.55. The summed E-state index contributed by atoms with van der Waals surface area (Å²) in [4.78, 5) is 29.6. The largest absolute Gasteiger partial charge is 0.334 e. The Bertz CT molecular complexity index is 483. The Morgan fingerprint density at radius 1 is 1.56 bits per heavy atom. The number of carbonyl (C=O) groups excluding carboxylic acids is 1. The van der Waals surface area contributed by atoms with Crippen molar-refractivity contribution in [2.24, 2.45) is 0 Å². The molecule has 0 N–H and O–H groups in total. The van der Waals surface area contributed by atoms with Crippen LogP contribution in [0.3, 0.4) is 0 Å². The maximum absolute atomic E-state index is 12.0. The van der Waals surface area contributed by atoms with Crippen LogP contribution >= 0.6 is 0 Å². The molecule has 0 aliphatic carbocycles. The van der Waals surface area contributed by atoms with E-state index in [0.29, 0.717) is 19.1 Å². The fraction of sp³-hybridized carbons (Fsp3) is 0.455. The normalized spacial score (nSPS) is 15.6. The molecule has 1 aliphatic rings. The van der Waals surface area contributed by atoms with Gasteiger partial charge < -0.3 is 9.80 Å². The molecule has 2 rings (SSSR count). The highest BCUT2D eigenvalue weighted by molar-refractivity contribution is 5.93. The minimum Gasteiger partial charge on any atom is -0.334 e. The maximum Gasteiger partial charge on any atom is 0.273 e. The van der Waals surface area contributed by atoms with E-state index >= 15 is 0 Å². The molecule has 1 aromatic heterocycles. The first-order chi connectivity index (χ1) is 8.49. The number of pyridine rings is 1. The highest BCUT2D eigenvalue weighted by Gasteiger charge is 2.33. The molecule has 0 radical (unpaired) electrons. The number of likely N-dealkylation sites (N-methyl/N-ethyl adjacent to an activating group) is 1. The van der Waals surface area contributed by atoms with E-state index in [0.717, 1.165) is 0 Å². The van der Waals surface area contributed by atoms with E-state index in [1.165, 1.54) is 18.3 Å². The number of hydrogen-bond donors (Lipinski definition) is 0. The predicted octanol–water partition coefficient (Wildman–Crippen LogP) is 0.376. The number of nitro groups is 1. The second kappa shape index (κ2) is 4.69. The third-order valence-corrected chi connectivity index (χ3v) is 3.05. The molecule has 1 aromatic rings. The summed E-state index contributed by atoms with van der Waals surface area (Å²) in [6.07, 6.45) is 1.29. The molecule has 1 amide bonds. The van der Waals surface area contributed by atoms with Gasteiger partial charge in [0.2, 0.25) is 0 Å². The molecule has 7 nitrogen and oxygen atoms in total. The summed E-state index contributed by atoms with van der Waals surface area (Å²) in [7, 11) is 3.91. The summed E-state index contributed by atoms with van der Waals surface area (Å²) in [5.41, 5.74) is 0.0134. The number of likely N-dealkylation sites (tertiary alicyclic amines) is 1. The standard InChI is InChI=1S/C11H14N4O3/c1-13(2)9-6-14(7-9)11(16)10-5-8(15(17)18)3-4-12-10/h3-5,9H,6-7H2,1-2H3. The van der Waals surface area contributed by atoms with Crippen molar-refractivity contribution >= 4 is 11.6 Å². The Morgan fingerprint density at radius 3 is 2.78 bits per heavy atom. The van der Waals surface area contributed by atoms with E-state index in [2.05, 4.69) is 4.98 Å². The second-order valence-electron chi connectivity index (χ2n) is 4.48. The van der Waals surface area contributed by atoms with Gasteiger partial charge in [0.15, 0.2) is 0 Å². The van der Waals surface area contributed by atoms with E-state index in [1.807, 2.05) is 19.0 Å². The highest BCUT2D eigenvalue weighted by Crippen LogP contribution is 2.17. The van der Waals surface area contributed by atoms with E-state index in [4.69, 9.17) is 0 Å². The van der Waals surface area contributed by atoms with Gasteiger partial charge in [-0.15, -0.1) is 0 Å². The van der Waals surface area contributed by atoms with E-state index in [-0.39, 0.29) is 17.3 Å².